The molecule has 280 valence electrons. The summed E-state index contributed by atoms with van der Waals surface area (Å²) in [6.45, 7) is 17.7. The van der Waals surface area contributed by atoms with Gasteiger partial charge in [0, 0.05) is 25.1 Å². The third kappa shape index (κ3) is 11.4. The van der Waals surface area contributed by atoms with E-state index in [1.165, 1.54) is 33.4 Å². The van der Waals surface area contributed by atoms with E-state index in [-0.39, 0.29) is 31.9 Å². The van der Waals surface area contributed by atoms with E-state index in [1.54, 1.807) is 49.4 Å². The van der Waals surface area contributed by atoms with Gasteiger partial charge < -0.3 is 35.0 Å². The Morgan fingerprint density at radius 2 is 1.31 bits per heavy atom. The minimum absolute atomic E-state index is 0. The number of rotatable bonds is 9. The number of fused-ring (bicyclic) bond motifs is 1. The monoisotopic (exact) mass is 874 g/mol. The van der Waals surface area contributed by atoms with Crippen LogP contribution in [0.4, 0.5) is 5.69 Å². The predicted octanol–water partition coefficient (Wildman–Crippen LogP) is 12.2. The molecule has 1 atom stereocenters. The Kier molecular flexibility index (Phi) is 20.5. The van der Waals surface area contributed by atoms with Crippen molar-refractivity contribution in [1.29, 1.82) is 0 Å². The van der Waals surface area contributed by atoms with Gasteiger partial charge in [0.2, 0.25) is 0 Å². The van der Waals surface area contributed by atoms with Crippen molar-refractivity contribution in [3.05, 3.63) is 121 Å². The molecule has 2 heterocycles. The zero-order valence-corrected chi connectivity index (χ0v) is 38.2. The van der Waals surface area contributed by atoms with Crippen molar-refractivity contribution in [2.24, 2.45) is 7.05 Å². The van der Waals surface area contributed by atoms with Crippen LogP contribution in [0.5, 0.6) is 5.75 Å². The summed E-state index contributed by atoms with van der Waals surface area (Å²) in [5.74, 6) is 3.24. The van der Waals surface area contributed by atoms with Crippen molar-refractivity contribution in [3.8, 4) is 17.0 Å². The number of methoxy groups -OCH3 is 1. The maximum absolute atomic E-state index is 6.35. The van der Waals surface area contributed by atoms with Crippen LogP contribution in [0.2, 0.25) is 0 Å². The number of nitrogens with zero attached hydrogens (tertiary/aromatic N) is 6. The summed E-state index contributed by atoms with van der Waals surface area (Å²) in [6.07, 6.45) is 2.87. The Bertz CT molecular complexity index is 1750. The first-order chi connectivity index (χ1) is 24.3. The first-order valence-electron chi connectivity index (χ1n) is 17.8. The van der Waals surface area contributed by atoms with Crippen LogP contribution in [0, 0.1) is 20.8 Å². The Balaban J connectivity index is 0.00000123. The molecule has 5 aromatic rings. The van der Waals surface area contributed by atoms with Gasteiger partial charge in [0.1, 0.15) is 5.76 Å². The van der Waals surface area contributed by atoms with Crippen LogP contribution in [-0.4, -0.2) is 58.9 Å². The average Bonchev–Trinajstić information content (AvgIpc) is 3.64. The van der Waals surface area contributed by atoms with E-state index in [4.69, 9.17) is 19.5 Å². The van der Waals surface area contributed by atoms with E-state index in [9.17, 15) is 0 Å². The van der Waals surface area contributed by atoms with Crippen LogP contribution in [0.3, 0.4) is 0 Å². The number of hydrogen-bond donors (Lipinski definition) is 0. The molecule has 0 aliphatic rings. The standard InChI is InChI=1S/C37H44N3O2.3C2H6N.Hf/c1-11-30-33(28-16-13-17-31(41-10)36(28)42-30)29-20-40(9)37(38-29)35(32-24(7)18-23(6)19-25(32)8)39-34-26(21(2)3)14-12-15-27(34)22(4)5;3*1-3-2;/h12-22,35H,11H2,1-10H3;3*1-2H3;/q4*-1;+4. The van der Waals surface area contributed by atoms with Gasteiger partial charge >= 0.3 is 25.8 Å². The molecule has 0 spiro atoms. The van der Waals surface area contributed by atoms with Gasteiger partial charge in [-0.1, -0.05) is 93.8 Å². The second-order valence-electron chi connectivity index (χ2n) is 13.5. The fraction of sp³-hybridized carbons (Fsp3) is 0.465. The van der Waals surface area contributed by atoms with Crippen molar-refractivity contribution < 1.29 is 35.0 Å². The van der Waals surface area contributed by atoms with Gasteiger partial charge in [0.05, 0.1) is 24.2 Å². The van der Waals surface area contributed by atoms with Gasteiger partial charge in [-0.15, -0.1) is 5.69 Å². The van der Waals surface area contributed by atoms with Crippen LogP contribution in [0.15, 0.2) is 59.1 Å². The van der Waals surface area contributed by atoms with Crippen LogP contribution in [-0.2, 0) is 39.3 Å². The fourth-order valence-electron chi connectivity index (χ4n) is 6.35. The van der Waals surface area contributed by atoms with Gasteiger partial charge in [0.15, 0.2) is 11.3 Å². The van der Waals surface area contributed by atoms with Gasteiger partial charge in [-0.3, -0.25) is 0 Å². The molecule has 9 heteroatoms. The number of benzene rings is 3. The summed E-state index contributed by atoms with van der Waals surface area (Å²) in [7, 11) is 14.3. The SMILES string of the molecule is CCc1oc2c(OC)cccc2c1-c1cn(C)c(C([N-]c2c(C(C)C)cccc2C(C)C)c2c(C)cc(C)cc2C)n1.C[N-]C.C[N-]C.C[N-]C.[Hf+4]. The molecule has 1 unspecified atom stereocenters. The van der Waals surface area contributed by atoms with Crippen molar-refractivity contribution >= 4 is 16.7 Å². The molecule has 0 N–H and O–H groups in total. The molecular formula is C43H62HfN6O2. The molecule has 0 saturated carbocycles. The van der Waals surface area contributed by atoms with Crippen molar-refractivity contribution in [3.63, 3.8) is 0 Å². The molecule has 52 heavy (non-hydrogen) atoms. The van der Waals surface area contributed by atoms with E-state index < -0.39 is 0 Å². The molecule has 0 aliphatic heterocycles. The van der Waals surface area contributed by atoms with E-state index >= 15 is 0 Å². The topological polar surface area (TPSA) is 96.6 Å². The van der Waals surface area contributed by atoms with Gasteiger partial charge in [-0.2, -0.15) is 42.3 Å². The largest absolute Gasteiger partial charge is 4.00 e. The number of imidazole rings is 1. The summed E-state index contributed by atoms with van der Waals surface area (Å²) in [5.41, 5.74) is 11.2. The average molecular weight is 873 g/mol. The minimum atomic E-state index is -0.278. The Hall–Kier alpha value is -3.24. The number of aromatic nitrogens is 2. The van der Waals surface area contributed by atoms with Crippen LogP contribution < -0.4 is 4.74 Å². The van der Waals surface area contributed by atoms with Gasteiger partial charge in [-0.05, 0) is 61.4 Å². The molecule has 0 radical (unpaired) electrons. The predicted molar refractivity (Wildman–Crippen MR) is 220 cm³/mol. The molecule has 0 bridgehead atoms. The smallest absolute Gasteiger partial charge is 0.671 e. The van der Waals surface area contributed by atoms with E-state index in [1.807, 2.05) is 12.1 Å². The second-order valence-corrected chi connectivity index (χ2v) is 13.5. The molecular weight excluding hydrogens is 811 g/mol. The Morgan fingerprint density at radius 3 is 1.77 bits per heavy atom. The van der Waals surface area contributed by atoms with E-state index in [2.05, 4.69) is 126 Å². The number of ether oxygens (including phenoxy) is 1. The maximum atomic E-state index is 6.35. The number of furan rings is 1. The number of hydrogen-bond acceptors (Lipinski definition) is 3. The summed E-state index contributed by atoms with van der Waals surface area (Å²) in [6, 6.07) is 16.9. The molecule has 3 aromatic carbocycles. The zero-order valence-electron chi connectivity index (χ0n) is 34.6. The normalized spacial score (nSPS) is 11.1. The second kappa shape index (κ2) is 22.7. The molecule has 0 fully saturated rings. The zero-order chi connectivity index (χ0) is 38.4. The van der Waals surface area contributed by atoms with Crippen LogP contribution in [0.1, 0.15) is 97.5 Å². The minimum Gasteiger partial charge on any atom is -0.671 e. The molecule has 5 rings (SSSR count). The van der Waals surface area contributed by atoms with Crippen molar-refractivity contribution in [1.82, 2.24) is 9.55 Å². The molecule has 8 nitrogen and oxygen atoms in total. The van der Waals surface area contributed by atoms with Gasteiger partial charge in [-0.25, -0.2) is 4.98 Å². The van der Waals surface area contributed by atoms with E-state index in [0.29, 0.717) is 11.8 Å². The van der Waals surface area contributed by atoms with Gasteiger partial charge in [0.25, 0.3) is 0 Å². The van der Waals surface area contributed by atoms with Crippen molar-refractivity contribution in [2.75, 3.05) is 49.4 Å². The van der Waals surface area contributed by atoms with E-state index in [0.717, 1.165) is 51.7 Å². The number of aryl methyl sites for hydroxylation is 5. The summed E-state index contributed by atoms with van der Waals surface area (Å²) in [4.78, 5) is 5.36. The Labute approximate surface area is 333 Å². The molecule has 0 saturated heterocycles. The molecule has 0 amide bonds. The van der Waals surface area contributed by atoms with Crippen LogP contribution in [0.25, 0.3) is 43.5 Å². The first-order valence-corrected chi connectivity index (χ1v) is 17.8. The third-order valence-corrected chi connectivity index (χ3v) is 8.32. The summed E-state index contributed by atoms with van der Waals surface area (Å²) in [5, 5.41) is 17.2. The summed E-state index contributed by atoms with van der Waals surface area (Å²) >= 11 is 0. The molecule has 0 aliphatic carbocycles. The third-order valence-electron chi connectivity index (χ3n) is 8.32. The van der Waals surface area contributed by atoms with Crippen molar-refractivity contribution in [2.45, 2.75) is 79.7 Å². The molecule has 2 aromatic heterocycles. The fourth-order valence-corrected chi connectivity index (χ4v) is 6.35. The summed E-state index contributed by atoms with van der Waals surface area (Å²) < 4.78 is 14.1. The number of para-hydroxylation sites is 2. The Morgan fingerprint density at radius 1 is 0.808 bits per heavy atom. The van der Waals surface area contributed by atoms with Crippen LogP contribution >= 0.6 is 0 Å². The first kappa shape index (κ1) is 46.8. The maximum Gasteiger partial charge on any atom is 4.00 e. The quantitative estimate of drug-likeness (QED) is 0.138.